The number of ether oxygens (including phenoxy) is 1. The zero-order valence-corrected chi connectivity index (χ0v) is 12.4. The van der Waals surface area contributed by atoms with Gasteiger partial charge in [0.15, 0.2) is 5.84 Å². The summed E-state index contributed by atoms with van der Waals surface area (Å²) in [5, 5.41) is 12.0. The first kappa shape index (κ1) is 14.1. The van der Waals surface area contributed by atoms with Crippen molar-refractivity contribution in [3.05, 3.63) is 28.2 Å². The molecule has 1 unspecified atom stereocenters. The van der Waals surface area contributed by atoms with Gasteiger partial charge in [-0.25, -0.2) is 0 Å². The number of benzene rings is 1. The van der Waals surface area contributed by atoms with Crippen LogP contribution in [0.2, 0.25) is 0 Å². The molecular weight excluding hydrogens is 310 g/mol. The highest BCUT2D eigenvalue weighted by Gasteiger charge is 2.22. The number of rotatable bonds is 3. The van der Waals surface area contributed by atoms with Crippen molar-refractivity contribution < 1.29 is 9.94 Å². The van der Waals surface area contributed by atoms with Crippen LogP contribution in [0.4, 0.5) is 5.69 Å². The van der Waals surface area contributed by atoms with E-state index in [0.717, 1.165) is 41.7 Å². The second kappa shape index (κ2) is 6.25. The molecule has 104 valence electrons. The summed E-state index contributed by atoms with van der Waals surface area (Å²) in [5.41, 5.74) is 7.46. The van der Waals surface area contributed by atoms with Crippen LogP contribution in [0.15, 0.2) is 27.8 Å². The summed E-state index contributed by atoms with van der Waals surface area (Å²) in [6, 6.07) is 5.80. The molecule has 0 aliphatic carbocycles. The summed E-state index contributed by atoms with van der Waals surface area (Å²) in [6.45, 7) is 1.77. The maximum absolute atomic E-state index is 8.90. The lowest BCUT2D eigenvalue weighted by Gasteiger charge is -2.34. The summed E-state index contributed by atoms with van der Waals surface area (Å²) in [6.07, 6.45) is 2.38. The van der Waals surface area contributed by atoms with Crippen LogP contribution in [0, 0.1) is 0 Å². The van der Waals surface area contributed by atoms with E-state index in [9.17, 15) is 0 Å². The zero-order chi connectivity index (χ0) is 13.8. The first-order chi connectivity index (χ1) is 9.15. The Labute approximate surface area is 121 Å². The van der Waals surface area contributed by atoms with Gasteiger partial charge in [-0.2, -0.15) is 0 Å². The number of nitrogens with two attached hydrogens (primary N) is 1. The van der Waals surface area contributed by atoms with E-state index in [1.54, 1.807) is 7.11 Å². The molecule has 1 aromatic carbocycles. The third-order valence-corrected chi connectivity index (χ3v) is 3.89. The summed E-state index contributed by atoms with van der Waals surface area (Å²) in [5.74, 6) is 0.121. The summed E-state index contributed by atoms with van der Waals surface area (Å²) in [7, 11) is 1.74. The maximum Gasteiger partial charge on any atom is 0.172 e. The van der Waals surface area contributed by atoms with Crippen LogP contribution < -0.4 is 10.6 Å². The number of halogens is 1. The van der Waals surface area contributed by atoms with Gasteiger partial charge in [0.25, 0.3) is 0 Å². The van der Waals surface area contributed by atoms with Crippen LogP contribution >= 0.6 is 15.9 Å². The van der Waals surface area contributed by atoms with E-state index < -0.39 is 0 Å². The first-order valence-electron chi connectivity index (χ1n) is 6.21. The largest absolute Gasteiger partial charge is 0.409 e. The molecule has 1 aromatic rings. The van der Waals surface area contributed by atoms with Gasteiger partial charge in [0, 0.05) is 35.9 Å². The van der Waals surface area contributed by atoms with E-state index in [0.29, 0.717) is 0 Å². The molecule has 3 N–H and O–H groups in total. The lowest BCUT2D eigenvalue weighted by molar-refractivity contribution is 0.0893. The van der Waals surface area contributed by atoms with Gasteiger partial charge in [-0.3, -0.25) is 0 Å². The number of amidine groups is 1. The molecule has 0 amide bonds. The predicted molar refractivity (Wildman–Crippen MR) is 78.9 cm³/mol. The minimum absolute atomic E-state index is 0.121. The van der Waals surface area contributed by atoms with Crippen molar-refractivity contribution in [1.82, 2.24) is 0 Å². The van der Waals surface area contributed by atoms with E-state index in [1.807, 2.05) is 18.2 Å². The highest BCUT2D eigenvalue weighted by molar-refractivity contribution is 9.10. The maximum atomic E-state index is 8.90. The first-order valence-corrected chi connectivity index (χ1v) is 7.00. The number of hydrogen-bond acceptors (Lipinski definition) is 4. The average Bonchev–Trinajstić information content (AvgIpc) is 2.46. The van der Waals surface area contributed by atoms with Gasteiger partial charge in [0.2, 0.25) is 0 Å². The Morgan fingerprint density at radius 2 is 2.37 bits per heavy atom. The van der Waals surface area contributed by atoms with E-state index in [2.05, 4.69) is 26.0 Å². The molecule has 1 atom stereocenters. The molecular formula is C13H18BrN3O2. The van der Waals surface area contributed by atoms with Crippen molar-refractivity contribution in [3.8, 4) is 0 Å². The summed E-state index contributed by atoms with van der Waals surface area (Å²) >= 11 is 3.41. The Morgan fingerprint density at radius 1 is 1.58 bits per heavy atom. The molecule has 0 aromatic heterocycles. The molecule has 0 spiro atoms. The van der Waals surface area contributed by atoms with Crippen LogP contribution in [-0.4, -0.2) is 37.3 Å². The van der Waals surface area contributed by atoms with Crippen molar-refractivity contribution in [2.45, 2.75) is 18.9 Å². The van der Waals surface area contributed by atoms with E-state index in [1.165, 1.54) is 0 Å². The van der Waals surface area contributed by atoms with Gasteiger partial charge in [-0.05, 0) is 31.0 Å². The molecule has 0 saturated carbocycles. The number of piperidine rings is 1. The Balaban J connectivity index is 2.33. The van der Waals surface area contributed by atoms with Gasteiger partial charge in [-0.15, -0.1) is 0 Å². The Morgan fingerprint density at radius 3 is 3.05 bits per heavy atom. The molecule has 5 nitrogen and oxygen atoms in total. The van der Waals surface area contributed by atoms with Crippen LogP contribution in [0.1, 0.15) is 18.4 Å². The summed E-state index contributed by atoms with van der Waals surface area (Å²) in [4.78, 5) is 2.22. The molecule has 1 heterocycles. The van der Waals surface area contributed by atoms with E-state index in [4.69, 9.17) is 15.7 Å². The molecule has 1 aliphatic rings. The summed E-state index contributed by atoms with van der Waals surface area (Å²) < 4.78 is 6.33. The Hall–Kier alpha value is -1.27. The monoisotopic (exact) mass is 327 g/mol. The fourth-order valence-corrected chi connectivity index (χ4v) is 2.75. The normalized spacial score (nSPS) is 20.6. The minimum Gasteiger partial charge on any atom is -0.409 e. The fraction of sp³-hybridized carbons (Fsp3) is 0.462. The number of hydrogen-bond donors (Lipinski definition) is 2. The predicted octanol–water partition coefficient (Wildman–Crippen LogP) is 2.16. The van der Waals surface area contributed by atoms with Crippen LogP contribution in [0.5, 0.6) is 0 Å². The number of oxime groups is 1. The molecule has 1 aliphatic heterocycles. The van der Waals surface area contributed by atoms with E-state index >= 15 is 0 Å². The van der Waals surface area contributed by atoms with Crippen LogP contribution in [-0.2, 0) is 4.74 Å². The minimum atomic E-state index is 0.121. The number of methoxy groups -OCH3 is 1. The molecule has 1 fully saturated rings. The highest BCUT2D eigenvalue weighted by atomic mass is 79.9. The number of anilines is 1. The van der Waals surface area contributed by atoms with Gasteiger partial charge in [0.1, 0.15) is 0 Å². The fourth-order valence-electron chi connectivity index (χ4n) is 2.39. The Kier molecular flexibility index (Phi) is 4.66. The molecule has 1 saturated heterocycles. The Bertz CT molecular complexity index is 479. The molecule has 0 bridgehead atoms. The van der Waals surface area contributed by atoms with Crippen molar-refractivity contribution in [3.63, 3.8) is 0 Å². The van der Waals surface area contributed by atoms with Gasteiger partial charge < -0.3 is 20.6 Å². The molecule has 6 heteroatoms. The average molecular weight is 328 g/mol. The van der Waals surface area contributed by atoms with Crippen LogP contribution in [0.25, 0.3) is 0 Å². The second-order valence-corrected chi connectivity index (χ2v) is 5.51. The van der Waals surface area contributed by atoms with Crippen LogP contribution in [0.3, 0.4) is 0 Å². The lowest BCUT2D eigenvalue weighted by atomic mass is 10.0. The van der Waals surface area contributed by atoms with Gasteiger partial charge in [-0.1, -0.05) is 21.1 Å². The zero-order valence-electron chi connectivity index (χ0n) is 10.8. The third-order valence-electron chi connectivity index (χ3n) is 3.39. The van der Waals surface area contributed by atoms with E-state index in [-0.39, 0.29) is 11.9 Å². The quantitative estimate of drug-likeness (QED) is 0.386. The van der Waals surface area contributed by atoms with Crippen molar-refractivity contribution in [1.29, 1.82) is 0 Å². The van der Waals surface area contributed by atoms with Gasteiger partial charge in [0.05, 0.1) is 6.10 Å². The molecule has 19 heavy (non-hydrogen) atoms. The van der Waals surface area contributed by atoms with Gasteiger partial charge >= 0.3 is 0 Å². The smallest absolute Gasteiger partial charge is 0.172 e. The lowest BCUT2D eigenvalue weighted by Crippen LogP contribution is -2.40. The van der Waals surface area contributed by atoms with Crippen molar-refractivity contribution in [2.75, 3.05) is 25.1 Å². The highest BCUT2D eigenvalue weighted by Crippen LogP contribution is 2.27. The SMILES string of the molecule is COC1CCCN(c2ccc(Br)cc2/C(N)=N/O)C1. The molecule has 2 rings (SSSR count). The molecule has 0 radical (unpaired) electrons. The number of nitrogens with zero attached hydrogens (tertiary/aromatic N) is 2. The van der Waals surface area contributed by atoms with Crippen molar-refractivity contribution in [2.24, 2.45) is 10.9 Å². The topological polar surface area (TPSA) is 71.1 Å². The third kappa shape index (κ3) is 3.19. The second-order valence-electron chi connectivity index (χ2n) is 4.59. The standard InChI is InChI=1S/C13H18BrN3O2/c1-19-10-3-2-6-17(8-10)12-5-4-9(14)7-11(12)13(15)16-18/h4-5,7,10,18H,2-3,6,8H2,1H3,(H2,15,16). The van der Waals surface area contributed by atoms with Crippen molar-refractivity contribution >= 4 is 27.5 Å².